The summed E-state index contributed by atoms with van der Waals surface area (Å²) < 4.78 is 14.1. The average molecular weight is 276 g/mol. The predicted molar refractivity (Wildman–Crippen MR) is 70.1 cm³/mol. The largest absolute Gasteiger partial charge is 0.296 e. The molecule has 1 aliphatic rings. The SMILES string of the molecule is Cc1nnc2n(c1=O)N=C(c1ccc(F)cc1)CS2. The first-order valence-electron chi connectivity index (χ1n) is 5.58. The Balaban J connectivity index is 2.11. The van der Waals surface area contributed by atoms with Gasteiger partial charge >= 0.3 is 0 Å². The van der Waals surface area contributed by atoms with Gasteiger partial charge in [-0.3, -0.25) is 4.79 Å². The van der Waals surface area contributed by atoms with Crippen molar-refractivity contribution in [3.63, 3.8) is 0 Å². The number of benzene rings is 1. The second-order valence-electron chi connectivity index (χ2n) is 4.03. The number of nitrogens with zero attached hydrogens (tertiary/aromatic N) is 4. The summed E-state index contributed by atoms with van der Waals surface area (Å²) in [7, 11) is 0. The molecule has 0 bridgehead atoms. The van der Waals surface area contributed by atoms with E-state index in [1.807, 2.05) is 0 Å². The van der Waals surface area contributed by atoms with Crippen LogP contribution in [0.3, 0.4) is 0 Å². The molecule has 0 aliphatic carbocycles. The molecule has 2 heterocycles. The highest BCUT2D eigenvalue weighted by Crippen LogP contribution is 2.20. The molecule has 96 valence electrons. The van der Waals surface area contributed by atoms with Gasteiger partial charge in [0.05, 0.1) is 5.71 Å². The van der Waals surface area contributed by atoms with E-state index in [-0.39, 0.29) is 11.4 Å². The fourth-order valence-corrected chi connectivity index (χ4v) is 2.52. The highest BCUT2D eigenvalue weighted by Gasteiger charge is 2.17. The van der Waals surface area contributed by atoms with Gasteiger partial charge < -0.3 is 0 Å². The topological polar surface area (TPSA) is 60.1 Å². The summed E-state index contributed by atoms with van der Waals surface area (Å²) >= 11 is 1.38. The minimum atomic E-state index is -0.299. The van der Waals surface area contributed by atoms with Crippen LogP contribution >= 0.6 is 11.8 Å². The number of rotatable bonds is 1. The molecule has 0 unspecified atom stereocenters. The molecule has 0 radical (unpaired) electrons. The number of hydrogen-bond donors (Lipinski definition) is 0. The molecule has 2 aromatic rings. The van der Waals surface area contributed by atoms with Crippen molar-refractivity contribution in [2.75, 3.05) is 5.75 Å². The van der Waals surface area contributed by atoms with E-state index in [0.29, 0.717) is 22.3 Å². The third-order valence-corrected chi connectivity index (χ3v) is 3.64. The van der Waals surface area contributed by atoms with Gasteiger partial charge in [-0.25, -0.2) is 4.39 Å². The van der Waals surface area contributed by atoms with E-state index in [9.17, 15) is 9.18 Å². The van der Waals surface area contributed by atoms with Crippen molar-refractivity contribution in [3.8, 4) is 0 Å². The van der Waals surface area contributed by atoms with E-state index in [1.165, 1.54) is 28.6 Å². The van der Waals surface area contributed by atoms with Crippen LogP contribution in [0.15, 0.2) is 39.3 Å². The van der Waals surface area contributed by atoms with Gasteiger partial charge in [-0.05, 0) is 24.6 Å². The van der Waals surface area contributed by atoms with E-state index in [1.54, 1.807) is 19.1 Å². The van der Waals surface area contributed by atoms with Crippen LogP contribution in [0.4, 0.5) is 4.39 Å². The van der Waals surface area contributed by atoms with E-state index in [0.717, 1.165) is 5.56 Å². The molecule has 0 saturated carbocycles. The molecule has 7 heteroatoms. The Bertz CT molecular complexity index is 723. The van der Waals surface area contributed by atoms with Gasteiger partial charge in [0.25, 0.3) is 5.56 Å². The third-order valence-electron chi connectivity index (χ3n) is 2.70. The fourth-order valence-electron chi connectivity index (χ4n) is 1.69. The second kappa shape index (κ2) is 4.58. The van der Waals surface area contributed by atoms with Gasteiger partial charge in [-0.2, -0.15) is 9.78 Å². The zero-order chi connectivity index (χ0) is 13.4. The van der Waals surface area contributed by atoms with Gasteiger partial charge in [0, 0.05) is 5.75 Å². The van der Waals surface area contributed by atoms with Gasteiger partial charge in [0.1, 0.15) is 11.5 Å². The molecule has 1 aliphatic heterocycles. The van der Waals surface area contributed by atoms with Crippen molar-refractivity contribution < 1.29 is 4.39 Å². The van der Waals surface area contributed by atoms with Crippen LogP contribution in [0, 0.1) is 12.7 Å². The lowest BCUT2D eigenvalue weighted by atomic mass is 10.1. The van der Waals surface area contributed by atoms with Crippen molar-refractivity contribution in [1.29, 1.82) is 0 Å². The number of aryl methyl sites for hydroxylation is 1. The Labute approximate surface area is 112 Å². The smallest absolute Gasteiger partial charge is 0.265 e. The summed E-state index contributed by atoms with van der Waals surface area (Å²) in [5, 5.41) is 12.5. The van der Waals surface area contributed by atoms with Crippen LogP contribution in [0.2, 0.25) is 0 Å². The van der Waals surface area contributed by atoms with Gasteiger partial charge in [0.2, 0.25) is 5.16 Å². The van der Waals surface area contributed by atoms with Crippen molar-refractivity contribution in [2.45, 2.75) is 12.1 Å². The Morgan fingerprint density at radius 2 is 2.00 bits per heavy atom. The standard InChI is InChI=1S/C12H9FN4OS/c1-7-11(18)17-12(15-14-7)19-6-10(16-17)8-2-4-9(13)5-3-8/h2-5H,6H2,1H3. The molecule has 0 amide bonds. The zero-order valence-corrected chi connectivity index (χ0v) is 10.8. The van der Waals surface area contributed by atoms with Gasteiger partial charge in [0.15, 0.2) is 0 Å². The van der Waals surface area contributed by atoms with E-state index in [4.69, 9.17) is 0 Å². The summed E-state index contributed by atoms with van der Waals surface area (Å²) in [6, 6.07) is 6.03. The molecular weight excluding hydrogens is 267 g/mol. The normalized spacial score (nSPS) is 13.9. The molecule has 1 aromatic heterocycles. The molecule has 0 spiro atoms. The number of aromatic nitrogens is 3. The maximum atomic E-state index is 12.9. The lowest BCUT2D eigenvalue weighted by Gasteiger charge is -2.14. The number of thioether (sulfide) groups is 1. The van der Waals surface area contributed by atoms with E-state index >= 15 is 0 Å². The minimum Gasteiger partial charge on any atom is -0.265 e. The first-order chi connectivity index (χ1) is 9.15. The highest BCUT2D eigenvalue weighted by molar-refractivity contribution is 7.99. The highest BCUT2D eigenvalue weighted by atomic mass is 32.2. The fraction of sp³-hybridized carbons (Fsp3) is 0.167. The van der Waals surface area contributed by atoms with Crippen LogP contribution in [0.1, 0.15) is 11.3 Å². The number of hydrogen-bond acceptors (Lipinski definition) is 5. The molecule has 19 heavy (non-hydrogen) atoms. The van der Waals surface area contributed by atoms with Crippen LogP contribution < -0.4 is 5.56 Å². The number of halogens is 1. The number of fused-ring (bicyclic) bond motifs is 1. The zero-order valence-electron chi connectivity index (χ0n) is 10.00. The van der Waals surface area contributed by atoms with Crippen LogP contribution in [-0.4, -0.2) is 26.3 Å². The molecule has 5 nitrogen and oxygen atoms in total. The summed E-state index contributed by atoms with van der Waals surface area (Å²) in [4.78, 5) is 11.9. The van der Waals surface area contributed by atoms with Crippen LogP contribution in [0.5, 0.6) is 0 Å². The Morgan fingerprint density at radius 3 is 2.74 bits per heavy atom. The lowest BCUT2D eigenvalue weighted by molar-refractivity contribution is 0.626. The summed E-state index contributed by atoms with van der Waals surface area (Å²) in [5.41, 5.74) is 1.53. The molecule has 0 fully saturated rings. The van der Waals surface area contributed by atoms with Crippen molar-refractivity contribution in [1.82, 2.24) is 14.9 Å². The molecule has 0 N–H and O–H groups in total. The Kier molecular flexibility index (Phi) is 2.90. The Hall–Kier alpha value is -2.02. The van der Waals surface area contributed by atoms with Crippen LogP contribution in [0.25, 0.3) is 0 Å². The quantitative estimate of drug-likeness (QED) is 0.791. The summed E-state index contributed by atoms with van der Waals surface area (Å²) in [6.45, 7) is 1.59. The molecule has 0 atom stereocenters. The maximum Gasteiger partial charge on any atom is 0.296 e. The van der Waals surface area contributed by atoms with E-state index < -0.39 is 0 Å². The molecular formula is C12H9FN4OS. The van der Waals surface area contributed by atoms with Crippen LogP contribution in [-0.2, 0) is 0 Å². The van der Waals surface area contributed by atoms with E-state index in [2.05, 4.69) is 15.3 Å². The van der Waals surface area contributed by atoms with Crippen molar-refractivity contribution in [2.24, 2.45) is 5.10 Å². The maximum absolute atomic E-state index is 12.9. The molecule has 0 saturated heterocycles. The average Bonchev–Trinajstić information content (AvgIpc) is 2.44. The summed E-state index contributed by atoms with van der Waals surface area (Å²) in [5.74, 6) is 0.273. The predicted octanol–water partition coefficient (Wildman–Crippen LogP) is 1.44. The lowest BCUT2D eigenvalue weighted by Crippen LogP contribution is -2.28. The first kappa shape index (κ1) is 12.0. The minimum absolute atomic E-state index is 0.281. The van der Waals surface area contributed by atoms with Crippen molar-refractivity contribution in [3.05, 3.63) is 51.7 Å². The molecule has 1 aromatic carbocycles. The third kappa shape index (κ3) is 2.17. The van der Waals surface area contributed by atoms with Gasteiger partial charge in [-0.1, -0.05) is 23.9 Å². The second-order valence-corrected chi connectivity index (χ2v) is 4.97. The monoisotopic (exact) mass is 276 g/mol. The summed E-state index contributed by atoms with van der Waals surface area (Å²) in [6.07, 6.45) is 0. The first-order valence-corrected chi connectivity index (χ1v) is 6.56. The van der Waals surface area contributed by atoms with Crippen molar-refractivity contribution >= 4 is 17.5 Å². The Morgan fingerprint density at radius 1 is 1.26 bits per heavy atom. The van der Waals surface area contributed by atoms with Gasteiger partial charge in [-0.15, -0.1) is 10.2 Å². The molecule has 3 rings (SSSR count).